The fourth-order valence-corrected chi connectivity index (χ4v) is 7.36. The molecule has 4 aromatic carbocycles. The Bertz CT molecular complexity index is 1310. The van der Waals surface area contributed by atoms with Crippen molar-refractivity contribution in [2.75, 3.05) is 26.4 Å². The number of fused-ring (bicyclic) bond motifs is 7. The number of rotatable bonds is 6. The zero-order valence-corrected chi connectivity index (χ0v) is 27.3. The Morgan fingerprint density at radius 3 is 1.38 bits per heavy atom. The van der Waals surface area contributed by atoms with Crippen molar-refractivity contribution in [3.63, 3.8) is 0 Å². The second-order valence-corrected chi connectivity index (χ2v) is 12.1. The van der Waals surface area contributed by atoms with Crippen LogP contribution in [0.2, 0.25) is 0 Å². The predicted molar refractivity (Wildman–Crippen MR) is 189 cm³/mol. The summed E-state index contributed by atoms with van der Waals surface area (Å²) in [6, 6.07) is 28.7. The quantitative estimate of drug-likeness (QED) is 0.203. The van der Waals surface area contributed by atoms with Crippen LogP contribution < -0.4 is 9.47 Å². The van der Waals surface area contributed by atoms with E-state index in [9.17, 15) is 0 Å². The van der Waals surface area contributed by atoms with Gasteiger partial charge in [-0.2, -0.15) is 0 Å². The molecule has 0 spiro atoms. The molecule has 9 rings (SSSR count). The molecular weight excluding hydrogens is 556 g/mol. The molecule has 0 aromatic heterocycles. The van der Waals surface area contributed by atoms with Crippen molar-refractivity contribution >= 4 is 21.5 Å². The van der Waals surface area contributed by atoms with Crippen LogP contribution in [-0.4, -0.2) is 38.6 Å². The molecule has 2 aliphatic heterocycles. The molecule has 3 aliphatic carbocycles. The van der Waals surface area contributed by atoms with Gasteiger partial charge in [-0.1, -0.05) is 114 Å². The molecule has 5 aliphatic rings. The van der Waals surface area contributed by atoms with E-state index in [0.717, 1.165) is 24.7 Å². The van der Waals surface area contributed by atoms with Crippen molar-refractivity contribution in [1.82, 2.24) is 0 Å². The second-order valence-electron chi connectivity index (χ2n) is 12.1. The van der Waals surface area contributed by atoms with Crippen LogP contribution in [0.1, 0.15) is 73.6 Å². The SMILES string of the molecule is C.C1CC2C3CCC(C3)C2C1.CC.CC.c1ccc2c(OCC3CO3)cccc2c1.c1ccc2c(OCC3CO3)cccc2c1. The third kappa shape index (κ3) is 9.24. The van der Waals surface area contributed by atoms with E-state index in [0.29, 0.717) is 25.4 Å². The molecule has 4 heteroatoms. The molecular formula is C41H56O4. The van der Waals surface area contributed by atoms with E-state index < -0.39 is 0 Å². The maximum Gasteiger partial charge on any atom is 0.127 e. The van der Waals surface area contributed by atoms with E-state index in [-0.39, 0.29) is 7.43 Å². The Kier molecular flexibility index (Phi) is 13.6. The summed E-state index contributed by atoms with van der Waals surface area (Å²) in [5.74, 6) is 6.69. The van der Waals surface area contributed by atoms with E-state index in [1.54, 1.807) is 38.5 Å². The minimum absolute atomic E-state index is 0. The van der Waals surface area contributed by atoms with Gasteiger partial charge in [0.25, 0.3) is 0 Å². The fraction of sp³-hybridized carbons (Fsp3) is 0.512. The van der Waals surface area contributed by atoms with Gasteiger partial charge in [-0.25, -0.2) is 0 Å². The lowest BCUT2D eigenvalue weighted by Gasteiger charge is -2.23. The molecule has 2 saturated heterocycles. The van der Waals surface area contributed by atoms with Gasteiger partial charge in [0, 0.05) is 10.8 Å². The van der Waals surface area contributed by atoms with E-state index in [4.69, 9.17) is 18.9 Å². The Hall–Kier alpha value is -3.08. The number of hydrogen-bond acceptors (Lipinski definition) is 4. The highest BCUT2D eigenvalue weighted by atomic mass is 16.6. The number of benzene rings is 4. The van der Waals surface area contributed by atoms with Crippen molar-refractivity contribution in [1.29, 1.82) is 0 Å². The molecule has 3 saturated carbocycles. The van der Waals surface area contributed by atoms with E-state index in [2.05, 4.69) is 36.4 Å². The van der Waals surface area contributed by atoms with Gasteiger partial charge in [0.2, 0.25) is 0 Å². The Morgan fingerprint density at radius 2 is 0.956 bits per heavy atom. The molecule has 5 fully saturated rings. The second kappa shape index (κ2) is 17.6. The molecule has 4 aromatic rings. The van der Waals surface area contributed by atoms with Crippen LogP contribution in [0.25, 0.3) is 21.5 Å². The van der Waals surface area contributed by atoms with Crippen LogP contribution in [0.4, 0.5) is 0 Å². The van der Waals surface area contributed by atoms with Gasteiger partial charge >= 0.3 is 0 Å². The predicted octanol–water partition coefficient (Wildman–Crippen LogP) is 10.8. The zero-order valence-electron chi connectivity index (χ0n) is 27.3. The summed E-state index contributed by atoms with van der Waals surface area (Å²) in [6.45, 7) is 11.0. The fourth-order valence-electron chi connectivity index (χ4n) is 7.36. The average molecular weight is 613 g/mol. The summed E-state index contributed by atoms with van der Waals surface area (Å²) in [4.78, 5) is 0. The molecule has 0 amide bonds. The van der Waals surface area contributed by atoms with Crippen molar-refractivity contribution in [2.45, 2.75) is 85.9 Å². The minimum Gasteiger partial charge on any atom is -0.490 e. The first-order chi connectivity index (χ1) is 21.8. The van der Waals surface area contributed by atoms with Crippen LogP contribution in [-0.2, 0) is 9.47 Å². The summed E-state index contributed by atoms with van der Waals surface area (Å²) in [5.41, 5.74) is 0. The van der Waals surface area contributed by atoms with Crippen molar-refractivity contribution in [3.8, 4) is 11.5 Å². The zero-order chi connectivity index (χ0) is 30.7. The van der Waals surface area contributed by atoms with Gasteiger partial charge in [-0.15, -0.1) is 0 Å². The van der Waals surface area contributed by atoms with Gasteiger partial charge in [0.15, 0.2) is 0 Å². The highest BCUT2D eigenvalue weighted by Crippen LogP contribution is 2.58. The molecule has 6 atom stereocenters. The maximum absolute atomic E-state index is 5.72. The summed E-state index contributed by atoms with van der Waals surface area (Å²) in [7, 11) is 0. The third-order valence-corrected chi connectivity index (χ3v) is 9.50. The summed E-state index contributed by atoms with van der Waals surface area (Å²) in [6.07, 6.45) is 10.2. The first-order valence-corrected chi connectivity index (χ1v) is 17.3. The monoisotopic (exact) mass is 612 g/mol. The van der Waals surface area contributed by atoms with Gasteiger partial charge < -0.3 is 18.9 Å². The molecule has 45 heavy (non-hydrogen) atoms. The summed E-state index contributed by atoms with van der Waals surface area (Å²) >= 11 is 0. The number of ether oxygens (including phenoxy) is 4. The van der Waals surface area contributed by atoms with Gasteiger partial charge in [-0.3, -0.25) is 0 Å². The number of hydrogen-bond donors (Lipinski definition) is 0. The third-order valence-electron chi connectivity index (χ3n) is 9.50. The molecule has 2 heterocycles. The van der Waals surface area contributed by atoms with Gasteiger partial charge in [0.05, 0.1) is 13.2 Å². The minimum atomic E-state index is 0. The molecule has 244 valence electrons. The van der Waals surface area contributed by atoms with Crippen molar-refractivity contribution < 1.29 is 18.9 Å². The van der Waals surface area contributed by atoms with Crippen LogP contribution in [0.5, 0.6) is 11.5 Å². The number of epoxide rings is 2. The lowest BCUT2D eigenvalue weighted by Crippen LogP contribution is -2.15. The molecule has 4 nitrogen and oxygen atoms in total. The van der Waals surface area contributed by atoms with E-state index in [1.165, 1.54) is 45.2 Å². The standard InChI is InChI=1S/2C13H12O2.C10H16.2C2H6.CH4/c2*1-2-6-12-10(4-1)5-3-7-13(12)15-9-11-8-14-11;1-2-9-7-4-5-8(6-7)10(9)3-1;2*1-2;/h2*1-7,11H,8-9H2;7-10H,1-6H2;2*1-2H3;1H4. The lowest BCUT2D eigenvalue weighted by molar-refractivity contribution is 0.259. The Labute approximate surface area is 272 Å². The maximum atomic E-state index is 5.72. The smallest absolute Gasteiger partial charge is 0.127 e. The van der Waals surface area contributed by atoms with Crippen LogP contribution in [0.3, 0.4) is 0 Å². The Morgan fingerprint density at radius 1 is 0.556 bits per heavy atom. The summed E-state index contributed by atoms with van der Waals surface area (Å²) < 4.78 is 21.7. The largest absolute Gasteiger partial charge is 0.490 e. The van der Waals surface area contributed by atoms with Crippen molar-refractivity contribution in [3.05, 3.63) is 84.9 Å². The normalized spacial score (nSPS) is 25.8. The molecule has 0 radical (unpaired) electrons. The molecule has 2 bridgehead atoms. The van der Waals surface area contributed by atoms with E-state index >= 15 is 0 Å². The van der Waals surface area contributed by atoms with Gasteiger partial charge in [0.1, 0.15) is 36.9 Å². The first kappa shape index (κ1) is 34.8. The van der Waals surface area contributed by atoms with Crippen LogP contribution >= 0.6 is 0 Å². The van der Waals surface area contributed by atoms with Crippen molar-refractivity contribution in [2.24, 2.45) is 23.7 Å². The Balaban J connectivity index is 0.000000146. The summed E-state index contributed by atoms with van der Waals surface area (Å²) in [5, 5.41) is 4.76. The first-order valence-electron chi connectivity index (χ1n) is 17.3. The topological polar surface area (TPSA) is 43.5 Å². The molecule has 0 N–H and O–H groups in total. The van der Waals surface area contributed by atoms with Gasteiger partial charge in [-0.05, 0) is 78.7 Å². The average Bonchev–Trinajstić information content (AvgIpc) is 3.97. The highest BCUT2D eigenvalue weighted by molar-refractivity contribution is 5.88. The lowest BCUT2D eigenvalue weighted by atomic mass is 9.82. The van der Waals surface area contributed by atoms with Crippen LogP contribution in [0.15, 0.2) is 84.9 Å². The molecule has 6 unspecified atom stereocenters. The highest BCUT2D eigenvalue weighted by Gasteiger charge is 2.48. The van der Waals surface area contributed by atoms with E-state index in [1.807, 2.05) is 76.2 Å². The van der Waals surface area contributed by atoms with Crippen LogP contribution in [0, 0.1) is 23.7 Å².